The predicted octanol–water partition coefficient (Wildman–Crippen LogP) is 5.87. The van der Waals surface area contributed by atoms with E-state index in [1.54, 1.807) is 28.8 Å². The number of carbonyl (C=O) groups excluding carboxylic acids is 2. The minimum Gasteiger partial charge on any atom is -0.294 e. The van der Waals surface area contributed by atoms with Gasteiger partial charge in [0.15, 0.2) is 10.1 Å². The Hall–Kier alpha value is -1.41. The molecule has 0 fully saturated rings. The number of ketones is 1. The number of benzene rings is 1. The molecule has 0 saturated heterocycles. The van der Waals surface area contributed by atoms with Crippen LogP contribution in [0.5, 0.6) is 0 Å². The summed E-state index contributed by atoms with van der Waals surface area (Å²) in [6.07, 6.45) is 2.01. The predicted molar refractivity (Wildman–Crippen MR) is 118 cm³/mol. The van der Waals surface area contributed by atoms with E-state index in [9.17, 15) is 9.59 Å². The van der Waals surface area contributed by atoms with Gasteiger partial charge in [0, 0.05) is 45.3 Å². The number of allylic oxidation sites excluding steroid dienone is 2. The quantitative estimate of drug-likeness (QED) is 0.415. The van der Waals surface area contributed by atoms with E-state index in [2.05, 4.69) is 24.0 Å². The monoisotopic (exact) mass is 467 g/mol. The van der Waals surface area contributed by atoms with Crippen molar-refractivity contribution in [1.82, 2.24) is 10.2 Å². The Morgan fingerprint density at radius 1 is 1.21 bits per heavy atom. The van der Waals surface area contributed by atoms with Crippen molar-refractivity contribution < 1.29 is 9.59 Å². The highest BCUT2D eigenvalue weighted by Gasteiger charge is 2.41. The summed E-state index contributed by atoms with van der Waals surface area (Å²) in [7, 11) is 0. The number of hydrogen-bond donors (Lipinski definition) is 0. The second-order valence-corrected chi connectivity index (χ2v) is 10.9. The zero-order chi connectivity index (χ0) is 20.7. The van der Waals surface area contributed by atoms with Crippen molar-refractivity contribution in [2.75, 3.05) is 4.90 Å². The Bertz CT molecular complexity index is 1020. The van der Waals surface area contributed by atoms with Gasteiger partial charge in [0.05, 0.1) is 0 Å². The zero-order valence-corrected chi connectivity index (χ0v) is 19.1. The van der Waals surface area contributed by atoms with Crippen LogP contribution in [0.1, 0.15) is 51.0 Å². The number of hydrogen-bond acceptors (Lipinski definition) is 6. The molecule has 1 aliphatic carbocycles. The minimum atomic E-state index is -0.358. The van der Waals surface area contributed by atoms with Gasteiger partial charge in [-0.15, -0.1) is 10.2 Å². The van der Waals surface area contributed by atoms with Crippen LogP contribution in [0.3, 0.4) is 0 Å². The number of Topliss-reactive ketones (excluding diaryl/α,β-unsaturated/α-hetero) is 1. The number of halogens is 2. The van der Waals surface area contributed by atoms with Crippen LogP contribution in [-0.2, 0) is 9.59 Å². The number of aromatic nitrogens is 2. The minimum absolute atomic E-state index is 0.0704. The molecule has 2 aliphatic rings. The first kappa shape index (κ1) is 20.8. The standard InChI is InChI=1S/C20H19Cl2N3O2S2/c1-10(2)28-20-24-23-19(29-20)25-15-4-3-5-16(26)18(15)13(9-17(25)27)12-7-6-11(21)8-14(12)22/h6-8,10,13H,3-5,9H2,1-2H3/t13-/m1/s1. The maximum atomic E-state index is 13.2. The lowest BCUT2D eigenvalue weighted by Gasteiger charge is -2.37. The van der Waals surface area contributed by atoms with Gasteiger partial charge in [0.25, 0.3) is 0 Å². The fraction of sp³-hybridized carbons (Fsp3) is 0.400. The van der Waals surface area contributed by atoms with Crippen molar-refractivity contribution >= 4 is 63.1 Å². The van der Waals surface area contributed by atoms with Crippen molar-refractivity contribution in [1.29, 1.82) is 0 Å². The number of nitrogens with zero attached hydrogens (tertiary/aromatic N) is 3. The SMILES string of the molecule is CC(C)Sc1nnc(N2C(=O)C[C@H](c3ccc(Cl)cc3Cl)C3=C2CCCC3=O)s1. The van der Waals surface area contributed by atoms with E-state index in [1.807, 2.05) is 6.07 Å². The smallest absolute Gasteiger partial charge is 0.234 e. The van der Waals surface area contributed by atoms with E-state index >= 15 is 0 Å². The topological polar surface area (TPSA) is 63.2 Å². The lowest BCUT2D eigenvalue weighted by molar-refractivity contribution is -0.119. The van der Waals surface area contributed by atoms with Crippen LogP contribution in [0.2, 0.25) is 10.0 Å². The molecule has 0 unspecified atom stereocenters. The normalized spacial score (nSPS) is 19.9. The molecule has 0 saturated carbocycles. The molecule has 1 atom stereocenters. The summed E-state index contributed by atoms with van der Waals surface area (Å²) >= 11 is 15.5. The molecule has 0 bridgehead atoms. The molecule has 152 valence electrons. The first-order chi connectivity index (χ1) is 13.8. The first-order valence-electron chi connectivity index (χ1n) is 9.39. The molecule has 2 heterocycles. The van der Waals surface area contributed by atoms with E-state index in [1.165, 1.54) is 11.3 Å². The summed E-state index contributed by atoms with van der Waals surface area (Å²) in [5.41, 5.74) is 2.18. The Kier molecular flexibility index (Phi) is 6.02. The van der Waals surface area contributed by atoms with Gasteiger partial charge in [-0.2, -0.15) is 0 Å². The average molecular weight is 468 g/mol. The van der Waals surface area contributed by atoms with Gasteiger partial charge in [-0.3, -0.25) is 14.5 Å². The van der Waals surface area contributed by atoms with Crippen LogP contribution < -0.4 is 4.90 Å². The highest BCUT2D eigenvalue weighted by Crippen LogP contribution is 2.46. The van der Waals surface area contributed by atoms with Crippen LogP contribution in [0.25, 0.3) is 0 Å². The second kappa shape index (κ2) is 8.38. The van der Waals surface area contributed by atoms with Crippen molar-refractivity contribution in [2.45, 2.75) is 55.0 Å². The molecule has 0 N–H and O–H groups in total. The molecule has 5 nitrogen and oxygen atoms in total. The number of anilines is 1. The molecule has 1 aliphatic heterocycles. The lowest BCUT2D eigenvalue weighted by atomic mass is 9.77. The van der Waals surface area contributed by atoms with Crippen LogP contribution in [0.15, 0.2) is 33.8 Å². The van der Waals surface area contributed by atoms with Gasteiger partial charge in [-0.05, 0) is 30.5 Å². The van der Waals surface area contributed by atoms with Gasteiger partial charge in [-0.25, -0.2) is 0 Å². The third kappa shape index (κ3) is 4.10. The van der Waals surface area contributed by atoms with E-state index in [4.69, 9.17) is 23.2 Å². The molecule has 0 radical (unpaired) electrons. The molecule has 0 spiro atoms. The van der Waals surface area contributed by atoms with Crippen molar-refractivity contribution in [3.63, 3.8) is 0 Å². The van der Waals surface area contributed by atoms with Crippen LogP contribution in [0.4, 0.5) is 5.13 Å². The fourth-order valence-electron chi connectivity index (χ4n) is 3.81. The van der Waals surface area contributed by atoms with Crippen molar-refractivity contribution in [2.24, 2.45) is 0 Å². The number of thioether (sulfide) groups is 1. The first-order valence-corrected chi connectivity index (χ1v) is 11.8. The Labute approximate surface area is 187 Å². The summed E-state index contributed by atoms with van der Waals surface area (Å²) in [5, 5.41) is 10.4. The molecule has 1 aromatic heterocycles. The molecule has 1 amide bonds. The summed E-state index contributed by atoms with van der Waals surface area (Å²) in [4.78, 5) is 27.7. The average Bonchev–Trinajstić information content (AvgIpc) is 3.08. The highest BCUT2D eigenvalue weighted by molar-refractivity contribution is 8.01. The van der Waals surface area contributed by atoms with E-state index in [0.717, 1.165) is 22.0 Å². The van der Waals surface area contributed by atoms with E-state index < -0.39 is 0 Å². The van der Waals surface area contributed by atoms with Crippen LogP contribution in [-0.4, -0.2) is 27.1 Å². The van der Waals surface area contributed by atoms with Gasteiger partial charge < -0.3 is 0 Å². The van der Waals surface area contributed by atoms with Crippen LogP contribution in [0, 0.1) is 0 Å². The van der Waals surface area contributed by atoms with E-state index in [0.29, 0.717) is 38.8 Å². The largest absolute Gasteiger partial charge is 0.294 e. The molecular weight excluding hydrogens is 449 g/mol. The second-order valence-electron chi connectivity index (χ2n) is 7.31. The van der Waals surface area contributed by atoms with E-state index in [-0.39, 0.29) is 24.0 Å². The third-order valence-corrected chi connectivity index (χ3v) is 7.50. The Morgan fingerprint density at radius 3 is 2.72 bits per heavy atom. The van der Waals surface area contributed by atoms with Crippen molar-refractivity contribution in [3.8, 4) is 0 Å². The lowest BCUT2D eigenvalue weighted by Crippen LogP contribution is -2.40. The molecular formula is C20H19Cl2N3O2S2. The fourth-order valence-corrected chi connectivity index (χ4v) is 6.45. The maximum Gasteiger partial charge on any atom is 0.234 e. The highest BCUT2D eigenvalue weighted by atomic mass is 35.5. The number of rotatable bonds is 4. The zero-order valence-electron chi connectivity index (χ0n) is 15.9. The molecule has 29 heavy (non-hydrogen) atoms. The maximum absolute atomic E-state index is 13.2. The van der Waals surface area contributed by atoms with Gasteiger partial charge in [0.2, 0.25) is 11.0 Å². The Morgan fingerprint density at radius 2 is 2.00 bits per heavy atom. The van der Waals surface area contributed by atoms with Gasteiger partial charge in [-0.1, -0.05) is 66.2 Å². The molecule has 2 aromatic rings. The van der Waals surface area contributed by atoms with Crippen LogP contribution >= 0.6 is 46.3 Å². The Balaban J connectivity index is 1.79. The molecule has 1 aromatic carbocycles. The number of amides is 1. The summed E-state index contributed by atoms with van der Waals surface area (Å²) in [6.45, 7) is 4.16. The van der Waals surface area contributed by atoms with Crippen molar-refractivity contribution in [3.05, 3.63) is 45.1 Å². The summed E-state index contributed by atoms with van der Waals surface area (Å²) < 4.78 is 0.815. The summed E-state index contributed by atoms with van der Waals surface area (Å²) in [5.74, 6) is -0.378. The van der Waals surface area contributed by atoms with Gasteiger partial charge >= 0.3 is 0 Å². The summed E-state index contributed by atoms with van der Waals surface area (Å²) in [6, 6.07) is 5.21. The number of carbonyl (C=O) groups is 2. The van der Waals surface area contributed by atoms with Gasteiger partial charge in [0.1, 0.15) is 0 Å². The molecule has 9 heteroatoms. The molecule has 4 rings (SSSR count). The third-order valence-electron chi connectivity index (χ3n) is 4.94.